The summed E-state index contributed by atoms with van der Waals surface area (Å²) in [6.45, 7) is 2.44. The van der Waals surface area contributed by atoms with Crippen molar-refractivity contribution in [1.29, 1.82) is 0 Å². The van der Waals surface area contributed by atoms with Crippen LogP contribution in [0.1, 0.15) is 18.4 Å². The number of hydrogen-bond donors (Lipinski definition) is 1. The smallest absolute Gasteiger partial charge is 0.224 e. The summed E-state index contributed by atoms with van der Waals surface area (Å²) in [4.78, 5) is 13.9. The van der Waals surface area contributed by atoms with Gasteiger partial charge < -0.3 is 5.32 Å². The van der Waals surface area contributed by atoms with Crippen LogP contribution in [0.4, 0.5) is 5.69 Å². The summed E-state index contributed by atoms with van der Waals surface area (Å²) >= 11 is 0. The number of tetrazole rings is 2. The maximum Gasteiger partial charge on any atom is 0.224 e. The number of amides is 1. The maximum absolute atomic E-state index is 12.4. The van der Waals surface area contributed by atoms with E-state index in [-0.39, 0.29) is 5.91 Å². The first kappa shape index (κ1) is 18.4. The van der Waals surface area contributed by atoms with Crippen molar-refractivity contribution in [3.05, 3.63) is 60.4 Å². The van der Waals surface area contributed by atoms with Gasteiger partial charge in [0.2, 0.25) is 11.7 Å². The number of carbonyl (C=O) groups excluding carboxylic acids is 1. The molecule has 2 aromatic heterocycles. The normalized spacial score (nSPS) is 10.8. The van der Waals surface area contributed by atoms with Gasteiger partial charge in [0.25, 0.3) is 0 Å². The number of aromatic nitrogens is 8. The summed E-state index contributed by atoms with van der Waals surface area (Å²) in [6.07, 6.45) is 2.45. The number of anilines is 1. The topological polar surface area (TPSA) is 116 Å². The zero-order chi connectivity index (χ0) is 20.1. The molecule has 29 heavy (non-hydrogen) atoms. The summed E-state index contributed by atoms with van der Waals surface area (Å²) in [6, 6.07) is 15.3. The Morgan fingerprint density at radius 1 is 1.10 bits per heavy atom. The minimum absolute atomic E-state index is 0.0784. The maximum atomic E-state index is 12.4. The van der Waals surface area contributed by atoms with E-state index in [9.17, 15) is 4.79 Å². The van der Waals surface area contributed by atoms with E-state index in [2.05, 4.69) is 36.3 Å². The van der Waals surface area contributed by atoms with Gasteiger partial charge in [-0.05, 0) is 46.7 Å². The molecule has 0 unspecified atom stereocenters. The molecule has 1 amide bonds. The highest BCUT2D eigenvalue weighted by atomic mass is 16.1. The Balaban J connectivity index is 1.32. The molecule has 2 aromatic carbocycles. The molecule has 0 fully saturated rings. The van der Waals surface area contributed by atoms with Crippen molar-refractivity contribution in [3.63, 3.8) is 0 Å². The van der Waals surface area contributed by atoms with Crippen molar-refractivity contribution in [3.8, 4) is 17.1 Å². The van der Waals surface area contributed by atoms with E-state index in [1.54, 1.807) is 0 Å². The molecule has 0 atom stereocenters. The lowest BCUT2D eigenvalue weighted by Crippen LogP contribution is -2.14. The Morgan fingerprint density at radius 3 is 2.76 bits per heavy atom. The molecule has 0 aliphatic rings. The molecule has 0 spiro atoms. The van der Waals surface area contributed by atoms with Crippen molar-refractivity contribution in [2.45, 2.75) is 26.3 Å². The number of hydrogen-bond acceptors (Lipinski definition) is 7. The first-order valence-corrected chi connectivity index (χ1v) is 9.16. The highest BCUT2D eigenvalue weighted by Gasteiger charge is 2.09. The van der Waals surface area contributed by atoms with Crippen molar-refractivity contribution in [2.24, 2.45) is 0 Å². The van der Waals surface area contributed by atoms with Crippen molar-refractivity contribution in [2.75, 3.05) is 5.32 Å². The minimum atomic E-state index is -0.0784. The van der Waals surface area contributed by atoms with E-state index in [0.29, 0.717) is 25.2 Å². The van der Waals surface area contributed by atoms with Gasteiger partial charge in [0, 0.05) is 17.7 Å². The minimum Gasteiger partial charge on any atom is -0.326 e. The van der Waals surface area contributed by atoms with Gasteiger partial charge in [-0.25, -0.2) is 4.68 Å². The van der Waals surface area contributed by atoms with Crippen LogP contribution in [0, 0.1) is 6.92 Å². The number of nitrogens with zero attached hydrogens (tertiary/aromatic N) is 8. The molecular formula is C19H19N9O. The van der Waals surface area contributed by atoms with E-state index >= 15 is 0 Å². The molecule has 4 aromatic rings. The SMILES string of the molecule is Cc1ccc(-n2cnnn2)cc1NC(=O)CCCn1nnc(-c2ccccc2)n1. The Labute approximate surface area is 166 Å². The van der Waals surface area contributed by atoms with Gasteiger partial charge in [0.1, 0.15) is 6.33 Å². The third-order valence-electron chi connectivity index (χ3n) is 4.36. The lowest BCUT2D eigenvalue weighted by atomic mass is 10.1. The zero-order valence-corrected chi connectivity index (χ0v) is 15.8. The van der Waals surface area contributed by atoms with Crippen LogP contribution in [-0.4, -0.2) is 46.3 Å². The summed E-state index contributed by atoms with van der Waals surface area (Å²) < 4.78 is 1.54. The van der Waals surface area contributed by atoms with E-state index in [4.69, 9.17) is 0 Å². The third kappa shape index (κ3) is 4.49. The Kier molecular flexibility index (Phi) is 5.32. The van der Waals surface area contributed by atoms with Crippen molar-refractivity contribution in [1.82, 2.24) is 40.4 Å². The molecular weight excluding hydrogens is 370 g/mol. The summed E-state index contributed by atoms with van der Waals surface area (Å²) in [5.74, 6) is 0.496. The van der Waals surface area contributed by atoms with Gasteiger partial charge in [0.15, 0.2) is 0 Å². The Morgan fingerprint density at radius 2 is 1.97 bits per heavy atom. The van der Waals surface area contributed by atoms with E-state index in [1.165, 1.54) is 15.8 Å². The van der Waals surface area contributed by atoms with Gasteiger partial charge in [-0.2, -0.15) is 4.80 Å². The average Bonchev–Trinajstić information content (AvgIpc) is 3.43. The van der Waals surface area contributed by atoms with Crippen LogP contribution in [0.15, 0.2) is 54.9 Å². The average molecular weight is 389 g/mol. The Hall–Kier alpha value is -3.95. The number of carbonyl (C=O) groups is 1. The molecule has 2 heterocycles. The van der Waals surface area contributed by atoms with Gasteiger partial charge >= 0.3 is 0 Å². The number of rotatable bonds is 7. The molecule has 0 bridgehead atoms. The summed E-state index contributed by atoms with van der Waals surface area (Å²) in [5, 5.41) is 26.5. The molecule has 1 N–H and O–H groups in total. The van der Waals surface area contributed by atoms with Crippen LogP contribution < -0.4 is 5.32 Å². The largest absolute Gasteiger partial charge is 0.326 e. The monoisotopic (exact) mass is 389 g/mol. The lowest BCUT2D eigenvalue weighted by molar-refractivity contribution is -0.116. The molecule has 4 rings (SSSR count). The molecule has 10 heteroatoms. The van der Waals surface area contributed by atoms with Gasteiger partial charge in [-0.15, -0.1) is 15.3 Å². The van der Waals surface area contributed by atoms with E-state index in [1.807, 2.05) is 55.5 Å². The quantitative estimate of drug-likeness (QED) is 0.514. The molecule has 0 radical (unpaired) electrons. The summed E-state index contributed by atoms with van der Waals surface area (Å²) in [7, 11) is 0. The fourth-order valence-corrected chi connectivity index (χ4v) is 2.80. The first-order chi connectivity index (χ1) is 14.2. The second-order valence-electron chi connectivity index (χ2n) is 6.48. The fraction of sp³-hybridized carbons (Fsp3) is 0.211. The van der Waals surface area contributed by atoms with E-state index in [0.717, 1.165) is 22.5 Å². The highest BCUT2D eigenvalue weighted by molar-refractivity contribution is 5.91. The second kappa shape index (κ2) is 8.38. The second-order valence-corrected chi connectivity index (χ2v) is 6.48. The van der Waals surface area contributed by atoms with Crippen LogP contribution in [0.3, 0.4) is 0 Å². The zero-order valence-electron chi connectivity index (χ0n) is 15.8. The molecule has 0 saturated carbocycles. The molecule has 0 aliphatic carbocycles. The van der Waals surface area contributed by atoms with Gasteiger partial charge in [-0.3, -0.25) is 4.79 Å². The summed E-state index contributed by atoms with van der Waals surface area (Å²) in [5.41, 5.74) is 3.37. The molecule has 0 saturated heterocycles. The van der Waals surface area contributed by atoms with Crippen molar-refractivity contribution < 1.29 is 4.79 Å². The van der Waals surface area contributed by atoms with Crippen LogP contribution in [0.5, 0.6) is 0 Å². The lowest BCUT2D eigenvalue weighted by Gasteiger charge is -2.10. The first-order valence-electron chi connectivity index (χ1n) is 9.16. The van der Waals surface area contributed by atoms with Crippen LogP contribution in [0.25, 0.3) is 17.1 Å². The van der Waals surface area contributed by atoms with E-state index < -0.39 is 0 Å². The highest BCUT2D eigenvalue weighted by Crippen LogP contribution is 2.19. The number of aryl methyl sites for hydroxylation is 2. The van der Waals surface area contributed by atoms with Crippen LogP contribution in [0.2, 0.25) is 0 Å². The number of benzene rings is 2. The van der Waals surface area contributed by atoms with Gasteiger partial charge in [0.05, 0.1) is 12.2 Å². The van der Waals surface area contributed by atoms with Crippen LogP contribution in [-0.2, 0) is 11.3 Å². The molecule has 146 valence electrons. The standard InChI is InChI=1S/C19H19N9O/c1-14-9-10-16(27-13-20-24-26-27)12-17(14)21-18(29)8-5-11-28-23-19(22-25-28)15-6-3-2-4-7-15/h2-4,6-7,9-10,12-13H,5,8,11H2,1H3,(H,21,29). The predicted molar refractivity (Wildman–Crippen MR) is 105 cm³/mol. The number of nitrogens with one attached hydrogen (secondary N) is 1. The van der Waals surface area contributed by atoms with Crippen molar-refractivity contribution >= 4 is 11.6 Å². The van der Waals surface area contributed by atoms with Crippen LogP contribution >= 0.6 is 0 Å². The molecule has 10 nitrogen and oxygen atoms in total. The Bertz CT molecular complexity index is 1090. The van der Waals surface area contributed by atoms with Gasteiger partial charge in [-0.1, -0.05) is 36.4 Å². The fourth-order valence-electron chi connectivity index (χ4n) is 2.80. The third-order valence-corrected chi connectivity index (χ3v) is 4.36. The predicted octanol–water partition coefficient (Wildman–Crippen LogP) is 2.04. The molecule has 0 aliphatic heterocycles.